The van der Waals surface area contributed by atoms with E-state index in [-0.39, 0.29) is 17.2 Å². The van der Waals surface area contributed by atoms with Crippen LogP contribution >= 0.6 is 11.8 Å². The number of methoxy groups -OCH3 is 1. The third kappa shape index (κ3) is 3.64. The Morgan fingerprint density at radius 1 is 1.14 bits per heavy atom. The molecule has 1 aliphatic rings. The number of hydrogen-bond acceptors (Lipinski definition) is 7. The van der Waals surface area contributed by atoms with Crippen molar-refractivity contribution in [2.45, 2.75) is 6.92 Å². The van der Waals surface area contributed by atoms with E-state index in [4.69, 9.17) is 4.74 Å². The normalized spacial score (nSPS) is 15.7. The molecule has 2 aromatic carbocycles. The first kappa shape index (κ1) is 18.9. The van der Waals surface area contributed by atoms with Crippen LogP contribution in [-0.2, 0) is 4.79 Å². The molecule has 29 heavy (non-hydrogen) atoms. The summed E-state index contributed by atoms with van der Waals surface area (Å²) in [6.07, 6.45) is 1.57. The zero-order chi connectivity index (χ0) is 20.4. The summed E-state index contributed by atoms with van der Waals surface area (Å²) in [6.45, 7) is 1.68. The van der Waals surface area contributed by atoms with Gasteiger partial charge < -0.3 is 4.74 Å². The van der Waals surface area contributed by atoms with Crippen LogP contribution in [0.5, 0.6) is 5.75 Å². The highest BCUT2D eigenvalue weighted by atomic mass is 32.2. The quantitative estimate of drug-likeness (QED) is 0.489. The summed E-state index contributed by atoms with van der Waals surface area (Å²) in [4.78, 5) is 29.9. The first-order valence-electron chi connectivity index (χ1n) is 8.78. The molecule has 0 saturated carbocycles. The SMILES string of the molecule is COc1ccc(/C=N/N=C2\SCC(=O)N2n2c(C)nc3ccccc3c2=O)cc1. The van der Waals surface area contributed by atoms with E-state index in [1.54, 1.807) is 38.4 Å². The molecule has 0 unspecified atom stereocenters. The van der Waals surface area contributed by atoms with Gasteiger partial charge in [-0.25, -0.2) is 4.98 Å². The molecule has 1 saturated heterocycles. The number of aryl methyl sites for hydroxylation is 1. The van der Waals surface area contributed by atoms with Gasteiger partial charge in [-0.3, -0.25) is 9.59 Å². The molecule has 1 aromatic heterocycles. The van der Waals surface area contributed by atoms with Gasteiger partial charge in [-0.05, 0) is 48.9 Å². The first-order valence-corrected chi connectivity index (χ1v) is 9.76. The maximum atomic E-state index is 13.0. The van der Waals surface area contributed by atoms with Crippen molar-refractivity contribution >= 4 is 40.0 Å². The predicted octanol–water partition coefficient (Wildman–Crippen LogP) is 2.32. The lowest BCUT2D eigenvalue weighted by molar-refractivity contribution is -0.116. The Balaban J connectivity index is 1.70. The number of para-hydroxylation sites is 1. The van der Waals surface area contributed by atoms with E-state index in [2.05, 4.69) is 15.2 Å². The number of benzene rings is 2. The highest BCUT2D eigenvalue weighted by Gasteiger charge is 2.32. The number of carbonyl (C=O) groups is 1. The van der Waals surface area contributed by atoms with Crippen molar-refractivity contribution in [2.24, 2.45) is 10.2 Å². The third-order valence-corrected chi connectivity index (χ3v) is 5.23. The molecule has 9 heteroatoms. The summed E-state index contributed by atoms with van der Waals surface area (Å²) in [7, 11) is 1.60. The number of rotatable bonds is 4. The topological polar surface area (TPSA) is 89.2 Å². The standard InChI is InChI=1S/C20H17N5O3S/c1-13-22-17-6-4-3-5-16(17)19(27)24(13)25-18(26)12-29-20(25)23-21-11-14-7-9-15(28-2)10-8-14/h3-11H,12H2,1-2H3/b21-11+,23-20-. The van der Waals surface area contributed by atoms with E-state index < -0.39 is 0 Å². The highest BCUT2D eigenvalue weighted by Crippen LogP contribution is 2.19. The van der Waals surface area contributed by atoms with Crippen LogP contribution in [0.25, 0.3) is 10.9 Å². The van der Waals surface area contributed by atoms with Crippen molar-refractivity contribution in [1.29, 1.82) is 0 Å². The lowest BCUT2D eigenvalue weighted by atomic mass is 10.2. The fourth-order valence-corrected chi connectivity index (χ4v) is 3.71. The molecule has 0 N–H and O–H groups in total. The average molecular weight is 407 g/mol. The van der Waals surface area contributed by atoms with Crippen molar-refractivity contribution in [1.82, 2.24) is 9.66 Å². The number of nitrogens with zero attached hydrogens (tertiary/aromatic N) is 5. The number of amidine groups is 1. The molecule has 0 bridgehead atoms. The summed E-state index contributed by atoms with van der Waals surface area (Å²) < 4.78 is 6.38. The molecule has 0 atom stereocenters. The van der Waals surface area contributed by atoms with Crippen LogP contribution in [0.15, 0.2) is 63.5 Å². The van der Waals surface area contributed by atoms with Gasteiger partial charge >= 0.3 is 0 Å². The zero-order valence-corrected chi connectivity index (χ0v) is 16.6. The van der Waals surface area contributed by atoms with Gasteiger partial charge in [0.1, 0.15) is 11.6 Å². The molecule has 0 radical (unpaired) electrons. The number of thioether (sulfide) groups is 1. The second-order valence-electron chi connectivity index (χ2n) is 6.19. The number of amides is 1. The molecule has 8 nitrogen and oxygen atoms in total. The second-order valence-corrected chi connectivity index (χ2v) is 7.13. The van der Waals surface area contributed by atoms with Crippen LogP contribution in [0.1, 0.15) is 11.4 Å². The van der Waals surface area contributed by atoms with E-state index >= 15 is 0 Å². The molecular weight excluding hydrogens is 390 g/mol. The molecule has 0 aliphatic carbocycles. The van der Waals surface area contributed by atoms with Crippen molar-refractivity contribution in [3.63, 3.8) is 0 Å². The number of hydrogen-bond donors (Lipinski definition) is 0. The van der Waals surface area contributed by atoms with Gasteiger partial charge in [0, 0.05) is 0 Å². The second kappa shape index (κ2) is 7.88. The predicted molar refractivity (Wildman–Crippen MR) is 114 cm³/mol. The van der Waals surface area contributed by atoms with Gasteiger partial charge in [0.15, 0.2) is 0 Å². The maximum Gasteiger partial charge on any atom is 0.280 e. The van der Waals surface area contributed by atoms with E-state index in [1.165, 1.54) is 21.4 Å². The van der Waals surface area contributed by atoms with Crippen LogP contribution in [0.3, 0.4) is 0 Å². The Morgan fingerprint density at radius 2 is 1.90 bits per heavy atom. The first-order chi connectivity index (χ1) is 14.1. The van der Waals surface area contributed by atoms with Crippen LogP contribution in [0, 0.1) is 6.92 Å². The highest BCUT2D eigenvalue weighted by molar-refractivity contribution is 8.15. The van der Waals surface area contributed by atoms with Crippen molar-refractivity contribution < 1.29 is 9.53 Å². The summed E-state index contributed by atoms with van der Waals surface area (Å²) in [6, 6.07) is 14.4. The lowest BCUT2D eigenvalue weighted by Crippen LogP contribution is -2.47. The molecule has 146 valence electrons. The Kier molecular flexibility index (Phi) is 5.13. The summed E-state index contributed by atoms with van der Waals surface area (Å²) in [5.74, 6) is 1.07. The number of ether oxygens (including phenoxy) is 1. The molecule has 0 spiro atoms. The van der Waals surface area contributed by atoms with Crippen molar-refractivity contribution in [3.8, 4) is 5.75 Å². The number of aromatic nitrogens is 2. The molecule has 1 amide bonds. The van der Waals surface area contributed by atoms with Crippen molar-refractivity contribution in [2.75, 3.05) is 17.9 Å². The van der Waals surface area contributed by atoms with Crippen LogP contribution in [-0.4, -0.2) is 39.8 Å². The molecule has 1 fully saturated rings. The Bertz CT molecular complexity index is 1200. The smallest absolute Gasteiger partial charge is 0.280 e. The molecule has 2 heterocycles. The van der Waals surface area contributed by atoms with E-state index in [0.717, 1.165) is 11.3 Å². The van der Waals surface area contributed by atoms with Crippen molar-refractivity contribution in [3.05, 3.63) is 70.3 Å². The lowest BCUT2D eigenvalue weighted by Gasteiger charge is -2.20. The number of carbonyl (C=O) groups excluding carboxylic acids is 1. The zero-order valence-electron chi connectivity index (χ0n) is 15.8. The maximum absolute atomic E-state index is 13.0. The van der Waals surface area contributed by atoms with E-state index in [9.17, 15) is 9.59 Å². The van der Waals surface area contributed by atoms with E-state index in [1.807, 2.05) is 30.3 Å². The largest absolute Gasteiger partial charge is 0.497 e. The summed E-state index contributed by atoms with van der Waals surface area (Å²) >= 11 is 1.22. The monoisotopic (exact) mass is 407 g/mol. The molecular formula is C20H17N5O3S. The van der Waals surface area contributed by atoms with Gasteiger partial charge in [-0.15, -0.1) is 5.10 Å². The minimum atomic E-state index is -0.323. The van der Waals surface area contributed by atoms with Crippen LogP contribution in [0.2, 0.25) is 0 Å². The third-order valence-electron chi connectivity index (χ3n) is 4.32. The van der Waals surface area contributed by atoms with Crippen LogP contribution in [0.4, 0.5) is 0 Å². The molecule has 1 aliphatic heterocycles. The fraction of sp³-hybridized carbons (Fsp3) is 0.150. The summed E-state index contributed by atoms with van der Waals surface area (Å²) in [5, 5.41) is 10.2. The van der Waals surface area contributed by atoms with Gasteiger partial charge in [0.05, 0.1) is 30.0 Å². The molecule has 3 aromatic rings. The minimum absolute atomic E-state index is 0.176. The van der Waals surface area contributed by atoms with Crippen LogP contribution < -0.4 is 15.3 Å². The Hall–Kier alpha value is -3.46. The average Bonchev–Trinajstić information content (AvgIpc) is 3.09. The van der Waals surface area contributed by atoms with Gasteiger partial charge in [0.25, 0.3) is 11.5 Å². The minimum Gasteiger partial charge on any atom is -0.497 e. The Morgan fingerprint density at radius 3 is 2.66 bits per heavy atom. The summed E-state index contributed by atoms with van der Waals surface area (Å²) in [5.41, 5.74) is 1.09. The molecule has 4 rings (SSSR count). The van der Waals surface area contributed by atoms with Gasteiger partial charge in [-0.1, -0.05) is 23.9 Å². The van der Waals surface area contributed by atoms with Gasteiger partial charge in [0.2, 0.25) is 5.17 Å². The number of fused-ring (bicyclic) bond motifs is 1. The van der Waals surface area contributed by atoms with Gasteiger partial charge in [-0.2, -0.15) is 14.8 Å². The fourth-order valence-electron chi connectivity index (χ4n) is 2.93. The van der Waals surface area contributed by atoms with E-state index in [0.29, 0.717) is 21.9 Å². The Labute approximate surface area is 170 Å².